The van der Waals surface area contributed by atoms with Gasteiger partial charge in [-0.1, -0.05) is 0 Å². The molecule has 0 aliphatic carbocycles. The van der Waals surface area contributed by atoms with Gasteiger partial charge in [0.05, 0.1) is 18.8 Å². The van der Waals surface area contributed by atoms with Crippen molar-refractivity contribution < 1.29 is 28.5 Å². The molecule has 7 nitrogen and oxygen atoms in total. The summed E-state index contributed by atoms with van der Waals surface area (Å²) in [5.74, 6) is 0.659. The Hall–Kier alpha value is -2.44. The summed E-state index contributed by atoms with van der Waals surface area (Å²) in [7, 11) is 1.34. The second kappa shape index (κ2) is 9.17. The largest absolute Gasteiger partial charge is 0.491 e. The molecule has 7 heteroatoms. The molecule has 1 fully saturated rings. The van der Waals surface area contributed by atoms with Gasteiger partial charge in [-0.15, -0.1) is 0 Å². The molecule has 0 radical (unpaired) electrons. The van der Waals surface area contributed by atoms with Gasteiger partial charge in [-0.3, -0.25) is 0 Å². The van der Waals surface area contributed by atoms with Crippen molar-refractivity contribution in [1.82, 2.24) is 4.90 Å². The summed E-state index contributed by atoms with van der Waals surface area (Å²) in [6, 6.07) is 5.07. The lowest BCUT2D eigenvalue weighted by Crippen LogP contribution is -2.44. The lowest BCUT2D eigenvalue weighted by atomic mass is 10.1. The maximum atomic E-state index is 12.2. The molecule has 1 amide bonds. The summed E-state index contributed by atoms with van der Waals surface area (Å²) in [6.45, 7) is 10.5. The molecular formula is C21H31NO6. The Kier molecular flexibility index (Phi) is 7.16. The van der Waals surface area contributed by atoms with Gasteiger partial charge in [0.15, 0.2) is 0 Å². The number of amides is 1. The molecule has 1 heterocycles. The van der Waals surface area contributed by atoms with E-state index < -0.39 is 11.6 Å². The number of piperidine rings is 1. The molecule has 0 unspecified atom stereocenters. The highest BCUT2D eigenvalue weighted by molar-refractivity contribution is 5.90. The Morgan fingerprint density at radius 2 is 1.68 bits per heavy atom. The lowest BCUT2D eigenvalue weighted by Gasteiger charge is -2.33. The van der Waals surface area contributed by atoms with Gasteiger partial charge in [0.25, 0.3) is 0 Å². The highest BCUT2D eigenvalue weighted by Gasteiger charge is 2.28. The fraction of sp³-hybridized carbons (Fsp3) is 0.619. The molecule has 0 bridgehead atoms. The van der Waals surface area contributed by atoms with E-state index in [1.807, 2.05) is 34.6 Å². The first-order chi connectivity index (χ1) is 13.1. The topological polar surface area (TPSA) is 74.3 Å². The molecule has 0 atom stereocenters. The molecule has 156 valence electrons. The number of rotatable bonds is 5. The standard InChI is InChI=1S/C21H31NO6/c1-14(2)26-17-11-15(19(23)25-6)12-18(13-17)27-16-7-9-22(10-8-16)20(24)28-21(3,4)5/h11-14,16H,7-10H2,1-6H3. The van der Waals surface area contributed by atoms with Gasteiger partial charge in [-0.05, 0) is 46.8 Å². The van der Waals surface area contributed by atoms with Crippen LogP contribution in [0.2, 0.25) is 0 Å². The van der Waals surface area contributed by atoms with E-state index in [1.165, 1.54) is 7.11 Å². The molecule has 2 rings (SSSR count). The molecule has 0 saturated carbocycles. The number of ether oxygens (including phenoxy) is 4. The van der Waals surface area contributed by atoms with E-state index >= 15 is 0 Å². The van der Waals surface area contributed by atoms with Crippen LogP contribution in [-0.4, -0.2) is 55.0 Å². The Labute approximate surface area is 166 Å². The van der Waals surface area contributed by atoms with Crippen molar-refractivity contribution in [3.05, 3.63) is 23.8 Å². The zero-order valence-corrected chi connectivity index (χ0v) is 17.6. The van der Waals surface area contributed by atoms with E-state index in [0.717, 1.165) is 0 Å². The second-order valence-corrected chi connectivity index (χ2v) is 8.14. The van der Waals surface area contributed by atoms with Crippen LogP contribution >= 0.6 is 0 Å². The number of carbonyl (C=O) groups excluding carboxylic acids is 2. The molecule has 0 N–H and O–H groups in total. The minimum Gasteiger partial charge on any atom is -0.491 e. The van der Waals surface area contributed by atoms with E-state index in [4.69, 9.17) is 18.9 Å². The molecule has 0 aromatic heterocycles. The van der Waals surface area contributed by atoms with Crippen molar-refractivity contribution >= 4 is 12.1 Å². The zero-order chi connectivity index (χ0) is 20.9. The zero-order valence-electron chi connectivity index (χ0n) is 17.6. The first-order valence-corrected chi connectivity index (χ1v) is 9.62. The normalized spacial score (nSPS) is 15.3. The lowest BCUT2D eigenvalue weighted by molar-refractivity contribution is 0.0126. The SMILES string of the molecule is COC(=O)c1cc(OC(C)C)cc(OC2CCN(C(=O)OC(C)(C)C)CC2)c1. The number of likely N-dealkylation sites (tertiary alicyclic amines) is 1. The predicted molar refractivity (Wildman–Crippen MR) is 105 cm³/mol. The average molecular weight is 393 g/mol. The number of carbonyl (C=O) groups is 2. The fourth-order valence-electron chi connectivity index (χ4n) is 2.89. The van der Waals surface area contributed by atoms with E-state index in [1.54, 1.807) is 23.1 Å². The maximum absolute atomic E-state index is 12.2. The quantitative estimate of drug-likeness (QED) is 0.703. The van der Waals surface area contributed by atoms with Crippen LogP contribution in [0.15, 0.2) is 18.2 Å². The molecule has 0 spiro atoms. The number of nitrogens with zero attached hydrogens (tertiary/aromatic N) is 1. The molecule has 1 aromatic rings. The van der Waals surface area contributed by atoms with Crippen molar-refractivity contribution in [2.24, 2.45) is 0 Å². The maximum Gasteiger partial charge on any atom is 0.410 e. The first kappa shape index (κ1) is 21.9. The molecule has 28 heavy (non-hydrogen) atoms. The predicted octanol–water partition coefficient (Wildman–Crippen LogP) is 4.04. The molecule has 1 aromatic carbocycles. The Morgan fingerprint density at radius 3 is 2.21 bits per heavy atom. The third-order valence-electron chi connectivity index (χ3n) is 4.07. The molecule has 1 aliphatic rings. The van der Waals surface area contributed by atoms with E-state index in [0.29, 0.717) is 43.0 Å². The van der Waals surface area contributed by atoms with Gasteiger partial charge in [-0.2, -0.15) is 0 Å². The van der Waals surface area contributed by atoms with Crippen LogP contribution in [0.4, 0.5) is 4.79 Å². The van der Waals surface area contributed by atoms with Gasteiger partial charge in [0.2, 0.25) is 0 Å². The summed E-state index contributed by atoms with van der Waals surface area (Å²) < 4.78 is 22.0. The van der Waals surface area contributed by atoms with Gasteiger partial charge in [0, 0.05) is 32.0 Å². The smallest absolute Gasteiger partial charge is 0.410 e. The average Bonchev–Trinajstić information content (AvgIpc) is 2.59. The summed E-state index contributed by atoms with van der Waals surface area (Å²) in [4.78, 5) is 25.8. The number of hydrogen-bond donors (Lipinski definition) is 0. The van der Waals surface area contributed by atoms with Crippen LogP contribution in [0.3, 0.4) is 0 Å². The summed E-state index contributed by atoms with van der Waals surface area (Å²) in [5.41, 5.74) is -0.132. The molecule has 1 aliphatic heterocycles. The summed E-state index contributed by atoms with van der Waals surface area (Å²) in [5, 5.41) is 0. The Bertz CT molecular complexity index is 687. The van der Waals surface area contributed by atoms with Crippen molar-refractivity contribution in [1.29, 1.82) is 0 Å². The fourth-order valence-corrected chi connectivity index (χ4v) is 2.89. The Morgan fingerprint density at radius 1 is 1.07 bits per heavy atom. The number of benzene rings is 1. The summed E-state index contributed by atoms with van der Waals surface area (Å²) in [6.07, 6.45) is 0.979. The minimum absolute atomic E-state index is 0.0298. The van der Waals surface area contributed by atoms with Crippen LogP contribution in [0.25, 0.3) is 0 Å². The monoisotopic (exact) mass is 393 g/mol. The van der Waals surface area contributed by atoms with E-state index in [2.05, 4.69) is 0 Å². The van der Waals surface area contributed by atoms with Crippen molar-refractivity contribution in [3.63, 3.8) is 0 Å². The van der Waals surface area contributed by atoms with Crippen LogP contribution in [0, 0.1) is 0 Å². The number of esters is 1. The molecular weight excluding hydrogens is 362 g/mol. The first-order valence-electron chi connectivity index (χ1n) is 9.62. The van der Waals surface area contributed by atoms with Crippen LogP contribution < -0.4 is 9.47 Å². The second-order valence-electron chi connectivity index (χ2n) is 8.14. The van der Waals surface area contributed by atoms with Gasteiger partial charge < -0.3 is 23.8 Å². The van der Waals surface area contributed by atoms with Gasteiger partial charge >= 0.3 is 12.1 Å². The van der Waals surface area contributed by atoms with Crippen LogP contribution in [0.5, 0.6) is 11.5 Å². The van der Waals surface area contributed by atoms with Crippen molar-refractivity contribution in [2.75, 3.05) is 20.2 Å². The summed E-state index contributed by atoms with van der Waals surface area (Å²) >= 11 is 0. The third-order valence-corrected chi connectivity index (χ3v) is 4.07. The van der Waals surface area contributed by atoms with Crippen LogP contribution in [-0.2, 0) is 9.47 Å². The van der Waals surface area contributed by atoms with Crippen molar-refractivity contribution in [3.8, 4) is 11.5 Å². The molecule has 1 saturated heterocycles. The van der Waals surface area contributed by atoms with Crippen LogP contribution in [0.1, 0.15) is 57.8 Å². The number of methoxy groups -OCH3 is 1. The van der Waals surface area contributed by atoms with Gasteiger partial charge in [-0.25, -0.2) is 9.59 Å². The van der Waals surface area contributed by atoms with Crippen molar-refractivity contribution in [2.45, 2.75) is 65.3 Å². The third kappa shape index (κ3) is 6.62. The van der Waals surface area contributed by atoms with E-state index in [9.17, 15) is 9.59 Å². The minimum atomic E-state index is -0.508. The highest BCUT2D eigenvalue weighted by atomic mass is 16.6. The Balaban J connectivity index is 2.02. The number of hydrogen-bond acceptors (Lipinski definition) is 6. The highest BCUT2D eigenvalue weighted by Crippen LogP contribution is 2.27. The van der Waals surface area contributed by atoms with E-state index in [-0.39, 0.29) is 18.3 Å². The van der Waals surface area contributed by atoms with Gasteiger partial charge in [0.1, 0.15) is 23.2 Å².